The highest BCUT2D eigenvalue weighted by Crippen LogP contribution is 2.32. The van der Waals surface area contributed by atoms with Crippen molar-refractivity contribution < 1.29 is 0 Å². The second-order valence-corrected chi connectivity index (χ2v) is 5.19. The molecule has 3 rings (SSSR count). The second kappa shape index (κ2) is 4.10. The topological polar surface area (TPSA) is 24.1 Å². The highest BCUT2D eigenvalue weighted by molar-refractivity contribution is 5.56. The van der Waals surface area contributed by atoms with Gasteiger partial charge in [0.15, 0.2) is 0 Å². The van der Waals surface area contributed by atoms with Crippen LogP contribution >= 0.6 is 0 Å². The fourth-order valence-electron chi connectivity index (χ4n) is 2.52. The van der Waals surface area contributed by atoms with Crippen molar-refractivity contribution >= 4 is 5.69 Å². The third-order valence-electron chi connectivity index (χ3n) is 3.69. The number of fused-ring (bicyclic) bond motifs is 1. The van der Waals surface area contributed by atoms with Crippen molar-refractivity contribution in [2.24, 2.45) is 0 Å². The van der Waals surface area contributed by atoms with E-state index >= 15 is 0 Å². The van der Waals surface area contributed by atoms with Crippen LogP contribution in [0.25, 0.3) is 0 Å². The molecule has 1 unspecified atom stereocenters. The van der Waals surface area contributed by atoms with Crippen LogP contribution in [0.1, 0.15) is 36.3 Å². The summed E-state index contributed by atoms with van der Waals surface area (Å²) in [6.07, 6.45) is 4.02. The lowest BCUT2D eigenvalue weighted by atomic mass is 9.90. The van der Waals surface area contributed by atoms with Crippen LogP contribution in [-0.4, -0.2) is 19.1 Å². The van der Waals surface area contributed by atoms with Crippen LogP contribution in [-0.2, 0) is 0 Å². The van der Waals surface area contributed by atoms with Gasteiger partial charge in [0.2, 0.25) is 0 Å². The van der Waals surface area contributed by atoms with Crippen LogP contribution in [0, 0.1) is 6.92 Å². The van der Waals surface area contributed by atoms with Gasteiger partial charge in [-0.15, -0.1) is 0 Å². The zero-order valence-corrected chi connectivity index (χ0v) is 9.92. The summed E-state index contributed by atoms with van der Waals surface area (Å²) < 4.78 is 0. The maximum Gasteiger partial charge on any atom is 0.0378 e. The molecule has 0 aromatic heterocycles. The fraction of sp³-hybridized carbons (Fsp3) is 0.571. The van der Waals surface area contributed by atoms with Crippen molar-refractivity contribution in [3.8, 4) is 0 Å². The molecule has 2 N–H and O–H groups in total. The first-order chi connectivity index (χ1) is 7.83. The Bertz CT molecular complexity index is 382. The maximum atomic E-state index is 3.65. The van der Waals surface area contributed by atoms with Gasteiger partial charge in [0.25, 0.3) is 0 Å². The molecule has 2 nitrogen and oxygen atoms in total. The number of nitrogens with one attached hydrogen (secondary N) is 2. The number of hydrogen-bond donors (Lipinski definition) is 2. The fourth-order valence-corrected chi connectivity index (χ4v) is 2.52. The van der Waals surface area contributed by atoms with Crippen molar-refractivity contribution in [3.63, 3.8) is 0 Å². The van der Waals surface area contributed by atoms with Crippen LogP contribution in [0.3, 0.4) is 0 Å². The Hall–Kier alpha value is -1.02. The lowest BCUT2D eigenvalue weighted by Crippen LogP contribution is -2.28. The van der Waals surface area contributed by atoms with Crippen molar-refractivity contribution in [1.29, 1.82) is 0 Å². The minimum absolute atomic E-state index is 0.706. The molecule has 86 valence electrons. The molecule has 0 saturated heterocycles. The molecule has 1 heterocycles. The van der Waals surface area contributed by atoms with Gasteiger partial charge in [0.1, 0.15) is 0 Å². The van der Waals surface area contributed by atoms with Gasteiger partial charge in [0, 0.05) is 30.7 Å². The van der Waals surface area contributed by atoms with E-state index in [1.165, 1.54) is 36.1 Å². The summed E-state index contributed by atoms with van der Waals surface area (Å²) in [5, 5.41) is 7.16. The quantitative estimate of drug-likeness (QED) is 0.811. The molecule has 0 spiro atoms. The van der Waals surface area contributed by atoms with E-state index in [1.807, 2.05) is 0 Å². The summed E-state index contributed by atoms with van der Waals surface area (Å²) in [6, 6.07) is 7.63. The third-order valence-corrected chi connectivity index (χ3v) is 3.69. The standard InChI is InChI=1S/C14H20N2/c1-10-2-5-13-11(9-16-12-3-4-12)6-7-15-14(13)8-10/h2,5,8,11-12,15-16H,3-4,6-7,9H2,1H3. The average molecular weight is 216 g/mol. The summed E-state index contributed by atoms with van der Waals surface area (Å²) in [5.41, 5.74) is 4.21. The lowest BCUT2D eigenvalue weighted by molar-refractivity contribution is 0.549. The van der Waals surface area contributed by atoms with Gasteiger partial charge < -0.3 is 10.6 Å². The summed E-state index contributed by atoms with van der Waals surface area (Å²) in [6.45, 7) is 4.43. The minimum atomic E-state index is 0.706. The summed E-state index contributed by atoms with van der Waals surface area (Å²) in [7, 11) is 0. The normalized spacial score (nSPS) is 23.7. The number of rotatable bonds is 3. The lowest BCUT2D eigenvalue weighted by Gasteiger charge is -2.27. The van der Waals surface area contributed by atoms with Crippen molar-refractivity contribution in [2.75, 3.05) is 18.4 Å². The Labute approximate surface area is 97.4 Å². The number of aryl methyl sites for hydroxylation is 1. The van der Waals surface area contributed by atoms with Gasteiger partial charge in [-0.05, 0) is 43.4 Å². The predicted octanol–water partition coefficient (Wildman–Crippen LogP) is 2.65. The molecule has 1 aliphatic heterocycles. The molecule has 1 fully saturated rings. The van der Waals surface area contributed by atoms with E-state index in [1.54, 1.807) is 0 Å². The molecule has 2 heteroatoms. The van der Waals surface area contributed by atoms with Gasteiger partial charge in [-0.3, -0.25) is 0 Å². The van der Waals surface area contributed by atoms with Crippen LogP contribution in [0.2, 0.25) is 0 Å². The van der Waals surface area contributed by atoms with Gasteiger partial charge in [0.05, 0.1) is 0 Å². The summed E-state index contributed by atoms with van der Waals surface area (Å²) in [5.74, 6) is 0.706. The number of hydrogen-bond acceptors (Lipinski definition) is 2. The van der Waals surface area contributed by atoms with Crippen LogP contribution in [0.4, 0.5) is 5.69 Å². The van der Waals surface area contributed by atoms with Crippen molar-refractivity contribution in [2.45, 2.75) is 38.1 Å². The molecule has 1 aromatic carbocycles. The highest BCUT2D eigenvalue weighted by atomic mass is 15.0. The highest BCUT2D eigenvalue weighted by Gasteiger charge is 2.24. The molecule has 1 aliphatic carbocycles. The van der Waals surface area contributed by atoms with Crippen LogP contribution < -0.4 is 10.6 Å². The van der Waals surface area contributed by atoms with Crippen molar-refractivity contribution in [3.05, 3.63) is 29.3 Å². The van der Waals surface area contributed by atoms with Crippen LogP contribution in [0.15, 0.2) is 18.2 Å². The molecule has 1 saturated carbocycles. The molecule has 2 aliphatic rings. The Morgan fingerprint density at radius 2 is 2.19 bits per heavy atom. The predicted molar refractivity (Wildman–Crippen MR) is 68.1 cm³/mol. The zero-order chi connectivity index (χ0) is 11.0. The maximum absolute atomic E-state index is 3.65. The van der Waals surface area contributed by atoms with Gasteiger partial charge >= 0.3 is 0 Å². The summed E-state index contributed by atoms with van der Waals surface area (Å²) >= 11 is 0. The largest absolute Gasteiger partial charge is 0.385 e. The Balaban J connectivity index is 1.76. The Morgan fingerprint density at radius 3 is 3.00 bits per heavy atom. The molecular weight excluding hydrogens is 196 g/mol. The van der Waals surface area contributed by atoms with Gasteiger partial charge in [-0.1, -0.05) is 12.1 Å². The van der Waals surface area contributed by atoms with E-state index in [2.05, 4.69) is 35.8 Å². The van der Waals surface area contributed by atoms with E-state index in [-0.39, 0.29) is 0 Å². The Morgan fingerprint density at radius 1 is 1.31 bits per heavy atom. The van der Waals surface area contributed by atoms with E-state index in [0.29, 0.717) is 5.92 Å². The molecule has 0 amide bonds. The molecule has 1 atom stereocenters. The second-order valence-electron chi connectivity index (χ2n) is 5.19. The van der Waals surface area contributed by atoms with E-state index in [4.69, 9.17) is 0 Å². The van der Waals surface area contributed by atoms with Crippen LogP contribution in [0.5, 0.6) is 0 Å². The van der Waals surface area contributed by atoms with Crippen molar-refractivity contribution in [1.82, 2.24) is 5.32 Å². The van der Waals surface area contributed by atoms with E-state index < -0.39 is 0 Å². The third kappa shape index (κ3) is 2.07. The first kappa shape index (κ1) is 10.2. The summed E-state index contributed by atoms with van der Waals surface area (Å²) in [4.78, 5) is 0. The number of anilines is 1. The SMILES string of the molecule is Cc1ccc2c(c1)NCCC2CNC1CC1. The molecule has 1 aromatic rings. The first-order valence-corrected chi connectivity index (χ1v) is 6.41. The van der Waals surface area contributed by atoms with Gasteiger partial charge in [-0.25, -0.2) is 0 Å². The average Bonchev–Trinajstić information content (AvgIpc) is 3.09. The first-order valence-electron chi connectivity index (χ1n) is 6.41. The smallest absolute Gasteiger partial charge is 0.0378 e. The Kier molecular flexibility index (Phi) is 2.60. The molecule has 16 heavy (non-hydrogen) atoms. The van der Waals surface area contributed by atoms with E-state index in [0.717, 1.165) is 19.1 Å². The molecule has 0 bridgehead atoms. The number of benzene rings is 1. The molecule has 0 radical (unpaired) electrons. The van der Waals surface area contributed by atoms with E-state index in [9.17, 15) is 0 Å². The monoisotopic (exact) mass is 216 g/mol. The zero-order valence-electron chi connectivity index (χ0n) is 9.92. The van der Waals surface area contributed by atoms with Gasteiger partial charge in [-0.2, -0.15) is 0 Å². The molecular formula is C14H20N2. The minimum Gasteiger partial charge on any atom is -0.385 e.